The van der Waals surface area contributed by atoms with Gasteiger partial charge in [-0.1, -0.05) is 20.8 Å². The third kappa shape index (κ3) is 3.45. The first-order valence-electron chi connectivity index (χ1n) is 6.89. The minimum absolute atomic E-state index is 0.0160. The Kier molecular flexibility index (Phi) is 4.11. The summed E-state index contributed by atoms with van der Waals surface area (Å²) in [7, 11) is 0. The normalized spacial score (nSPS) is 20.7. The van der Waals surface area contributed by atoms with Crippen LogP contribution in [-0.4, -0.2) is 35.9 Å². The molecule has 1 saturated heterocycles. The molecule has 4 nitrogen and oxygen atoms in total. The highest BCUT2D eigenvalue weighted by Crippen LogP contribution is 2.25. The monoisotopic (exact) mass is 264 g/mol. The standard InChI is InChI=1S/C15H24N2O2/c1-11-9-17(5-6-19-11)14-8-12(10-18)7-13(16-14)15(2,3)4/h7-8,11,18H,5-6,9-10H2,1-4H3. The molecule has 0 aliphatic carbocycles. The molecule has 2 heterocycles. The quantitative estimate of drug-likeness (QED) is 0.888. The van der Waals surface area contributed by atoms with Crippen molar-refractivity contribution in [2.75, 3.05) is 24.6 Å². The lowest BCUT2D eigenvalue weighted by atomic mass is 9.91. The van der Waals surface area contributed by atoms with Crippen molar-refractivity contribution in [3.05, 3.63) is 23.4 Å². The minimum atomic E-state index is -0.0160. The number of nitrogens with zero attached hydrogens (tertiary/aromatic N) is 2. The zero-order valence-electron chi connectivity index (χ0n) is 12.3. The molecule has 0 amide bonds. The zero-order valence-corrected chi connectivity index (χ0v) is 12.3. The van der Waals surface area contributed by atoms with Crippen LogP contribution in [0.25, 0.3) is 0 Å². The maximum absolute atomic E-state index is 9.43. The van der Waals surface area contributed by atoms with Crippen LogP contribution >= 0.6 is 0 Å². The van der Waals surface area contributed by atoms with E-state index < -0.39 is 0 Å². The first kappa shape index (κ1) is 14.3. The second-order valence-corrected chi connectivity index (χ2v) is 6.25. The SMILES string of the molecule is CC1CN(c2cc(CO)cc(C(C)(C)C)n2)CCO1. The summed E-state index contributed by atoms with van der Waals surface area (Å²) >= 11 is 0. The number of hydrogen-bond donors (Lipinski definition) is 1. The van der Waals surface area contributed by atoms with Crippen molar-refractivity contribution in [2.45, 2.75) is 45.8 Å². The van der Waals surface area contributed by atoms with Gasteiger partial charge in [0, 0.05) is 24.2 Å². The van der Waals surface area contributed by atoms with Gasteiger partial charge in [0.15, 0.2) is 0 Å². The Bertz CT molecular complexity index is 440. The average molecular weight is 264 g/mol. The number of rotatable bonds is 2. The van der Waals surface area contributed by atoms with E-state index >= 15 is 0 Å². The average Bonchev–Trinajstić information content (AvgIpc) is 2.37. The van der Waals surface area contributed by atoms with Gasteiger partial charge in [0.2, 0.25) is 0 Å². The zero-order chi connectivity index (χ0) is 14.0. The van der Waals surface area contributed by atoms with Gasteiger partial charge in [0.05, 0.1) is 19.3 Å². The van der Waals surface area contributed by atoms with Gasteiger partial charge in [-0.05, 0) is 24.6 Å². The molecule has 0 saturated carbocycles. The van der Waals surface area contributed by atoms with E-state index in [0.717, 1.165) is 36.8 Å². The lowest BCUT2D eigenvalue weighted by Gasteiger charge is -2.33. The molecular weight excluding hydrogens is 240 g/mol. The highest BCUT2D eigenvalue weighted by molar-refractivity contribution is 5.44. The second-order valence-electron chi connectivity index (χ2n) is 6.25. The fourth-order valence-corrected chi connectivity index (χ4v) is 2.24. The Balaban J connectivity index is 2.34. The van der Waals surface area contributed by atoms with Gasteiger partial charge < -0.3 is 14.7 Å². The predicted molar refractivity (Wildman–Crippen MR) is 76.5 cm³/mol. The number of aliphatic hydroxyl groups is 1. The molecule has 0 bridgehead atoms. The first-order valence-corrected chi connectivity index (χ1v) is 6.89. The molecule has 0 aromatic carbocycles. The molecule has 1 aliphatic rings. The van der Waals surface area contributed by atoms with Crippen LogP contribution in [0.5, 0.6) is 0 Å². The largest absolute Gasteiger partial charge is 0.392 e. The van der Waals surface area contributed by atoms with Crippen LogP contribution in [0.15, 0.2) is 12.1 Å². The Morgan fingerprint density at radius 3 is 2.74 bits per heavy atom. The van der Waals surface area contributed by atoms with Gasteiger partial charge in [-0.3, -0.25) is 0 Å². The van der Waals surface area contributed by atoms with Crippen LogP contribution in [-0.2, 0) is 16.8 Å². The highest BCUT2D eigenvalue weighted by Gasteiger charge is 2.22. The number of pyridine rings is 1. The Morgan fingerprint density at radius 1 is 1.42 bits per heavy atom. The van der Waals surface area contributed by atoms with Gasteiger partial charge in [-0.15, -0.1) is 0 Å². The Hall–Kier alpha value is -1.13. The molecule has 0 radical (unpaired) electrons. The Morgan fingerprint density at radius 2 is 2.16 bits per heavy atom. The lowest BCUT2D eigenvalue weighted by Crippen LogP contribution is -2.41. The summed E-state index contributed by atoms with van der Waals surface area (Å²) < 4.78 is 5.56. The van der Waals surface area contributed by atoms with Gasteiger partial charge in [-0.2, -0.15) is 0 Å². The maximum Gasteiger partial charge on any atom is 0.129 e. The van der Waals surface area contributed by atoms with Crippen LogP contribution in [0.2, 0.25) is 0 Å². The van der Waals surface area contributed by atoms with Gasteiger partial charge in [-0.25, -0.2) is 4.98 Å². The van der Waals surface area contributed by atoms with Crippen molar-refractivity contribution in [1.82, 2.24) is 4.98 Å². The van der Waals surface area contributed by atoms with Crippen molar-refractivity contribution >= 4 is 5.82 Å². The fourth-order valence-electron chi connectivity index (χ4n) is 2.24. The summed E-state index contributed by atoms with van der Waals surface area (Å²) in [6.07, 6.45) is 0.228. The summed E-state index contributed by atoms with van der Waals surface area (Å²) in [5.41, 5.74) is 1.93. The van der Waals surface area contributed by atoms with Gasteiger partial charge in [0.1, 0.15) is 5.82 Å². The number of morpholine rings is 1. The van der Waals surface area contributed by atoms with Crippen LogP contribution < -0.4 is 4.90 Å². The summed E-state index contributed by atoms with van der Waals surface area (Å²) in [5, 5.41) is 9.43. The van der Waals surface area contributed by atoms with E-state index in [4.69, 9.17) is 9.72 Å². The summed E-state index contributed by atoms with van der Waals surface area (Å²) in [6, 6.07) is 3.97. The third-order valence-electron chi connectivity index (χ3n) is 3.39. The third-order valence-corrected chi connectivity index (χ3v) is 3.39. The molecule has 2 rings (SSSR count). The van der Waals surface area contributed by atoms with E-state index in [-0.39, 0.29) is 18.1 Å². The van der Waals surface area contributed by atoms with Gasteiger partial charge in [0.25, 0.3) is 0 Å². The molecular formula is C15H24N2O2. The number of aliphatic hydroxyl groups excluding tert-OH is 1. The van der Waals surface area contributed by atoms with Crippen LogP contribution in [0.3, 0.4) is 0 Å². The van der Waals surface area contributed by atoms with E-state index in [1.54, 1.807) is 0 Å². The van der Waals surface area contributed by atoms with Crippen LogP contribution in [0.1, 0.15) is 39.0 Å². The van der Waals surface area contributed by atoms with E-state index in [1.807, 2.05) is 12.1 Å². The van der Waals surface area contributed by atoms with Gasteiger partial charge >= 0.3 is 0 Å². The van der Waals surface area contributed by atoms with Crippen molar-refractivity contribution < 1.29 is 9.84 Å². The summed E-state index contributed by atoms with van der Waals surface area (Å²) in [5.74, 6) is 0.951. The van der Waals surface area contributed by atoms with Crippen molar-refractivity contribution in [3.8, 4) is 0 Å². The molecule has 4 heteroatoms. The molecule has 19 heavy (non-hydrogen) atoms. The molecule has 1 atom stereocenters. The van der Waals surface area contributed by atoms with E-state index in [9.17, 15) is 5.11 Å². The highest BCUT2D eigenvalue weighted by atomic mass is 16.5. The van der Waals surface area contributed by atoms with Crippen molar-refractivity contribution in [1.29, 1.82) is 0 Å². The number of hydrogen-bond acceptors (Lipinski definition) is 4. The summed E-state index contributed by atoms with van der Waals surface area (Å²) in [4.78, 5) is 7.01. The van der Waals surface area contributed by atoms with Crippen molar-refractivity contribution in [3.63, 3.8) is 0 Å². The molecule has 0 spiro atoms. The molecule has 106 valence electrons. The number of anilines is 1. The van der Waals surface area contributed by atoms with E-state index in [0.29, 0.717) is 0 Å². The number of ether oxygens (including phenoxy) is 1. The molecule has 1 aromatic heterocycles. The smallest absolute Gasteiger partial charge is 0.129 e. The molecule has 1 N–H and O–H groups in total. The maximum atomic E-state index is 9.43. The van der Waals surface area contributed by atoms with E-state index in [2.05, 4.69) is 32.6 Å². The molecule has 1 unspecified atom stereocenters. The fraction of sp³-hybridized carbons (Fsp3) is 0.667. The van der Waals surface area contributed by atoms with Crippen LogP contribution in [0, 0.1) is 0 Å². The second kappa shape index (κ2) is 5.47. The summed E-state index contributed by atoms with van der Waals surface area (Å²) in [6.45, 7) is 11.0. The Labute approximate surface area is 115 Å². The predicted octanol–water partition coefficient (Wildman–Crippen LogP) is 2.10. The first-order chi connectivity index (χ1) is 8.90. The molecule has 1 aromatic rings. The van der Waals surface area contributed by atoms with E-state index in [1.165, 1.54) is 0 Å². The number of aromatic nitrogens is 1. The topological polar surface area (TPSA) is 45.6 Å². The van der Waals surface area contributed by atoms with Crippen molar-refractivity contribution in [2.24, 2.45) is 0 Å². The lowest BCUT2D eigenvalue weighted by molar-refractivity contribution is 0.0529. The molecule has 1 fully saturated rings. The minimum Gasteiger partial charge on any atom is -0.392 e. The van der Waals surface area contributed by atoms with Crippen LogP contribution in [0.4, 0.5) is 5.82 Å². The molecule has 1 aliphatic heterocycles.